The maximum absolute atomic E-state index is 8.81. The molecular weight excluding hydrogens is 102 g/mol. The van der Waals surface area contributed by atoms with Crippen molar-refractivity contribution in [2.45, 2.75) is 6.04 Å². The van der Waals surface area contributed by atoms with E-state index in [1.54, 1.807) is 18.4 Å². The highest BCUT2D eigenvalue weighted by Crippen LogP contribution is 2.01. The summed E-state index contributed by atoms with van der Waals surface area (Å²) in [5.74, 6) is 0. The van der Waals surface area contributed by atoms with E-state index in [-0.39, 0.29) is 6.04 Å². The molecule has 0 fully saturated rings. The highest BCUT2D eigenvalue weighted by Gasteiger charge is 2.02. The molecule has 1 radical (unpaired) electrons. The maximum atomic E-state index is 8.81. The Balaban J connectivity index is 2.59. The van der Waals surface area contributed by atoms with Gasteiger partial charge in [0.1, 0.15) is 0 Å². The molecule has 1 aliphatic rings. The van der Waals surface area contributed by atoms with Crippen molar-refractivity contribution >= 4 is 0 Å². The zero-order chi connectivity index (χ0) is 5.98. The van der Waals surface area contributed by atoms with E-state index in [4.69, 9.17) is 5.21 Å². The maximum Gasteiger partial charge on any atom is 0.0740 e. The van der Waals surface area contributed by atoms with E-state index >= 15 is 0 Å². The van der Waals surface area contributed by atoms with Gasteiger partial charge in [-0.15, -0.1) is 0 Å². The Bertz CT molecular complexity index is 112. The predicted octanol–water partition coefficient (Wildman–Crippen LogP) is 0.964. The molecule has 43 valence electrons. The molecule has 8 heavy (non-hydrogen) atoms. The third-order valence-electron chi connectivity index (χ3n) is 1.02. The Labute approximate surface area is 48.7 Å². The van der Waals surface area contributed by atoms with Crippen molar-refractivity contribution in [3.8, 4) is 0 Å². The van der Waals surface area contributed by atoms with E-state index in [2.05, 4.69) is 6.92 Å². The van der Waals surface area contributed by atoms with Crippen LogP contribution in [-0.4, -0.2) is 16.3 Å². The lowest BCUT2D eigenvalue weighted by molar-refractivity contribution is -0.0531. The zero-order valence-electron chi connectivity index (χ0n) is 4.49. The summed E-state index contributed by atoms with van der Waals surface area (Å²) < 4.78 is 0. The number of hydroxylamine groups is 2. The molecule has 0 aliphatic carbocycles. The Kier molecular flexibility index (Phi) is 1.35. The van der Waals surface area contributed by atoms with E-state index < -0.39 is 0 Å². The van der Waals surface area contributed by atoms with Gasteiger partial charge in [-0.05, 0) is 13.0 Å². The molecule has 0 bridgehead atoms. The van der Waals surface area contributed by atoms with Crippen molar-refractivity contribution in [3.05, 3.63) is 31.4 Å². The Hall–Kier alpha value is -0.760. The molecule has 0 aromatic heterocycles. The van der Waals surface area contributed by atoms with Crippen LogP contribution >= 0.6 is 0 Å². The van der Waals surface area contributed by atoms with Gasteiger partial charge in [-0.1, -0.05) is 12.2 Å². The van der Waals surface area contributed by atoms with Crippen LogP contribution in [0.5, 0.6) is 0 Å². The van der Waals surface area contributed by atoms with Crippen LogP contribution in [0.1, 0.15) is 0 Å². The van der Waals surface area contributed by atoms with Crippen molar-refractivity contribution in [1.82, 2.24) is 5.06 Å². The fourth-order valence-corrected chi connectivity index (χ4v) is 0.529. The van der Waals surface area contributed by atoms with Crippen molar-refractivity contribution in [2.75, 3.05) is 0 Å². The van der Waals surface area contributed by atoms with Gasteiger partial charge in [-0.3, -0.25) is 10.3 Å². The lowest BCUT2D eigenvalue weighted by Gasteiger charge is -2.18. The zero-order valence-corrected chi connectivity index (χ0v) is 4.49. The highest BCUT2D eigenvalue weighted by atomic mass is 16.5. The number of rotatable bonds is 0. The van der Waals surface area contributed by atoms with E-state index in [1.165, 1.54) is 0 Å². The van der Waals surface area contributed by atoms with Gasteiger partial charge in [-0.25, -0.2) is 0 Å². The minimum absolute atomic E-state index is 0.125. The summed E-state index contributed by atoms with van der Waals surface area (Å²) in [7, 11) is 0. The van der Waals surface area contributed by atoms with Crippen LogP contribution in [0, 0.1) is 6.92 Å². The topological polar surface area (TPSA) is 23.5 Å². The van der Waals surface area contributed by atoms with Crippen LogP contribution < -0.4 is 0 Å². The normalized spacial score (nSPS) is 26.8. The summed E-state index contributed by atoms with van der Waals surface area (Å²) in [6.45, 7) is 3.62. The van der Waals surface area contributed by atoms with Gasteiger partial charge in [0.25, 0.3) is 0 Å². The first-order valence-corrected chi connectivity index (χ1v) is 2.46. The second-order valence-corrected chi connectivity index (χ2v) is 1.67. The first-order valence-electron chi connectivity index (χ1n) is 2.46. The molecular formula is C6H8NO. The number of nitrogens with zero attached hydrogens (tertiary/aromatic N) is 1. The lowest BCUT2D eigenvalue weighted by atomic mass is 10.2. The van der Waals surface area contributed by atoms with Gasteiger partial charge in [0.05, 0.1) is 6.04 Å². The SMILES string of the molecule is [CH2]C1C=CC=CN1O. The molecule has 0 amide bonds. The van der Waals surface area contributed by atoms with Gasteiger partial charge in [-0.2, -0.15) is 0 Å². The number of allylic oxidation sites excluding steroid dienone is 2. The first kappa shape index (κ1) is 5.38. The summed E-state index contributed by atoms with van der Waals surface area (Å²) in [6.07, 6.45) is 6.98. The fourth-order valence-electron chi connectivity index (χ4n) is 0.529. The van der Waals surface area contributed by atoms with Gasteiger partial charge in [0, 0.05) is 6.20 Å². The Morgan fingerprint density at radius 3 is 2.62 bits per heavy atom. The second-order valence-electron chi connectivity index (χ2n) is 1.67. The third-order valence-corrected chi connectivity index (χ3v) is 1.02. The van der Waals surface area contributed by atoms with Crippen LogP contribution in [0.4, 0.5) is 0 Å². The average molecular weight is 110 g/mol. The Morgan fingerprint density at radius 1 is 1.50 bits per heavy atom. The van der Waals surface area contributed by atoms with E-state index in [0.717, 1.165) is 5.06 Å². The lowest BCUT2D eigenvalue weighted by Crippen LogP contribution is -2.23. The van der Waals surface area contributed by atoms with Crippen molar-refractivity contribution in [1.29, 1.82) is 0 Å². The molecule has 0 aromatic rings. The van der Waals surface area contributed by atoms with Gasteiger partial charge in [0.2, 0.25) is 0 Å². The largest absolute Gasteiger partial charge is 0.288 e. The van der Waals surface area contributed by atoms with E-state index in [1.807, 2.05) is 6.08 Å². The summed E-state index contributed by atoms with van der Waals surface area (Å²) in [5.41, 5.74) is 0. The average Bonchev–Trinajstić information content (AvgIpc) is 1.77. The fraction of sp³-hybridized carbons (Fsp3) is 0.167. The van der Waals surface area contributed by atoms with Crippen LogP contribution in [0.25, 0.3) is 0 Å². The smallest absolute Gasteiger partial charge is 0.0740 e. The van der Waals surface area contributed by atoms with E-state index in [9.17, 15) is 0 Å². The van der Waals surface area contributed by atoms with Crippen molar-refractivity contribution in [2.24, 2.45) is 0 Å². The molecule has 2 heteroatoms. The quantitative estimate of drug-likeness (QED) is 0.502. The number of hydrogen-bond donors (Lipinski definition) is 1. The first-order chi connectivity index (χ1) is 3.80. The van der Waals surface area contributed by atoms with Crippen LogP contribution in [0.15, 0.2) is 24.4 Å². The van der Waals surface area contributed by atoms with Gasteiger partial charge in [0.15, 0.2) is 0 Å². The summed E-state index contributed by atoms with van der Waals surface area (Å²) in [6, 6.07) is -0.125. The van der Waals surface area contributed by atoms with Crippen LogP contribution in [0.3, 0.4) is 0 Å². The molecule has 1 heterocycles. The third kappa shape index (κ3) is 0.898. The van der Waals surface area contributed by atoms with Crippen molar-refractivity contribution < 1.29 is 5.21 Å². The minimum atomic E-state index is -0.125. The molecule has 0 saturated carbocycles. The summed E-state index contributed by atoms with van der Waals surface area (Å²) >= 11 is 0. The molecule has 0 saturated heterocycles. The molecule has 0 aromatic carbocycles. The second kappa shape index (κ2) is 2.01. The highest BCUT2D eigenvalue weighted by molar-refractivity contribution is 5.11. The summed E-state index contributed by atoms with van der Waals surface area (Å²) in [5, 5.41) is 9.87. The van der Waals surface area contributed by atoms with Gasteiger partial charge < -0.3 is 0 Å². The molecule has 1 unspecified atom stereocenters. The molecule has 1 N–H and O–H groups in total. The monoisotopic (exact) mass is 110 g/mol. The van der Waals surface area contributed by atoms with E-state index in [0.29, 0.717) is 0 Å². The Morgan fingerprint density at radius 2 is 2.25 bits per heavy atom. The predicted molar refractivity (Wildman–Crippen MR) is 31.1 cm³/mol. The number of hydrogen-bond acceptors (Lipinski definition) is 2. The molecule has 1 aliphatic heterocycles. The minimum Gasteiger partial charge on any atom is -0.288 e. The molecule has 0 spiro atoms. The van der Waals surface area contributed by atoms with Crippen LogP contribution in [-0.2, 0) is 0 Å². The molecule has 1 atom stereocenters. The standard InChI is InChI=1S/C6H8NO/c1-6-4-2-3-5-7(6)8/h2-6,8H,1H2. The van der Waals surface area contributed by atoms with Crippen molar-refractivity contribution in [3.63, 3.8) is 0 Å². The van der Waals surface area contributed by atoms with Crippen LogP contribution in [0.2, 0.25) is 0 Å². The molecule has 1 rings (SSSR count). The summed E-state index contributed by atoms with van der Waals surface area (Å²) in [4.78, 5) is 0. The van der Waals surface area contributed by atoms with Gasteiger partial charge >= 0.3 is 0 Å². The molecule has 2 nitrogen and oxygen atoms in total.